The molecule has 1 amide bonds. The van der Waals surface area contributed by atoms with Crippen molar-refractivity contribution in [3.8, 4) is 6.07 Å². The number of aryl methyl sites for hydroxylation is 1. The molecule has 112 valence electrons. The first kappa shape index (κ1) is 14.1. The van der Waals surface area contributed by atoms with Crippen molar-refractivity contribution in [3.05, 3.63) is 18.2 Å². The summed E-state index contributed by atoms with van der Waals surface area (Å²) in [5.74, 6) is 1.59. The third-order valence-electron chi connectivity index (χ3n) is 5.01. The molecule has 1 aliphatic carbocycles. The summed E-state index contributed by atoms with van der Waals surface area (Å²) in [6.45, 7) is 1.71. The minimum atomic E-state index is -0.748. The summed E-state index contributed by atoms with van der Waals surface area (Å²) in [6.07, 6.45) is 9.29. The number of hydrogen-bond acceptors (Lipinski definition) is 3. The predicted molar refractivity (Wildman–Crippen MR) is 78.2 cm³/mol. The van der Waals surface area contributed by atoms with Crippen LogP contribution in [0.3, 0.4) is 0 Å². The fraction of sp³-hybridized carbons (Fsp3) is 0.688. The van der Waals surface area contributed by atoms with Crippen LogP contribution in [0.25, 0.3) is 0 Å². The van der Waals surface area contributed by atoms with Crippen molar-refractivity contribution in [1.29, 1.82) is 5.26 Å². The molecule has 0 unspecified atom stereocenters. The minimum Gasteiger partial charge on any atom is -0.344 e. The lowest BCUT2D eigenvalue weighted by Crippen LogP contribution is -2.43. The summed E-state index contributed by atoms with van der Waals surface area (Å²) in [4.78, 5) is 18.8. The first-order valence-corrected chi connectivity index (χ1v) is 7.81. The molecular formula is C16H22N4O. The van der Waals surface area contributed by atoms with Crippen LogP contribution in [0.15, 0.2) is 12.4 Å². The largest absolute Gasteiger partial charge is 0.344 e. The Morgan fingerprint density at radius 3 is 3.05 bits per heavy atom. The van der Waals surface area contributed by atoms with Crippen LogP contribution in [0.1, 0.15) is 37.9 Å². The van der Waals surface area contributed by atoms with Crippen LogP contribution in [-0.4, -0.2) is 34.0 Å². The summed E-state index contributed by atoms with van der Waals surface area (Å²) in [6, 6.07) is 2.30. The van der Waals surface area contributed by atoms with Crippen molar-refractivity contribution in [1.82, 2.24) is 14.5 Å². The first-order valence-electron chi connectivity index (χ1n) is 7.81. The number of imidazole rings is 1. The fourth-order valence-electron chi connectivity index (χ4n) is 3.76. The van der Waals surface area contributed by atoms with Crippen LogP contribution in [0.4, 0.5) is 0 Å². The highest BCUT2D eigenvalue weighted by Gasteiger charge is 2.43. The molecular weight excluding hydrogens is 264 g/mol. The van der Waals surface area contributed by atoms with E-state index in [1.165, 1.54) is 0 Å². The van der Waals surface area contributed by atoms with E-state index in [2.05, 4.69) is 15.6 Å². The molecule has 1 atom stereocenters. The van der Waals surface area contributed by atoms with Crippen LogP contribution in [0.5, 0.6) is 0 Å². The molecule has 1 aromatic rings. The highest BCUT2D eigenvalue weighted by Crippen LogP contribution is 2.39. The number of fused-ring (bicyclic) bond motifs is 1. The van der Waals surface area contributed by atoms with E-state index >= 15 is 0 Å². The van der Waals surface area contributed by atoms with E-state index in [1.54, 1.807) is 4.90 Å². The maximum Gasteiger partial charge on any atom is 0.242 e. The number of hydrogen-bond donors (Lipinski definition) is 0. The molecule has 3 rings (SSSR count). The van der Waals surface area contributed by atoms with Gasteiger partial charge in [-0.3, -0.25) is 4.79 Å². The molecule has 0 N–H and O–H groups in total. The molecule has 5 heteroatoms. The standard InChI is InChI=1S/C16H22N4O/c1-19(15(21)16(12-17)5-2-3-6-16)11-13-4-8-20-9-7-18-14(20)10-13/h7,9,13H,2-6,8,10-11H2,1H3/t13-/m1/s1. The van der Waals surface area contributed by atoms with Crippen molar-refractivity contribution in [2.24, 2.45) is 11.3 Å². The first-order chi connectivity index (χ1) is 10.1. The summed E-state index contributed by atoms with van der Waals surface area (Å²) < 4.78 is 2.19. The molecule has 0 bridgehead atoms. The number of rotatable bonds is 3. The summed E-state index contributed by atoms with van der Waals surface area (Å²) >= 11 is 0. The molecule has 1 aromatic heterocycles. The van der Waals surface area contributed by atoms with Gasteiger partial charge in [0.15, 0.2) is 0 Å². The zero-order valence-electron chi connectivity index (χ0n) is 12.6. The number of carbonyl (C=O) groups excluding carboxylic acids is 1. The topological polar surface area (TPSA) is 61.9 Å². The third-order valence-corrected chi connectivity index (χ3v) is 5.01. The Morgan fingerprint density at radius 2 is 2.33 bits per heavy atom. The van der Waals surface area contributed by atoms with Gasteiger partial charge in [-0.05, 0) is 25.2 Å². The van der Waals surface area contributed by atoms with E-state index in [0.29, 0.717) is 5.92 Å². The van der Waals surface area contributed by atoms with E-state index in [1.807, 2.05) is 19.4 Å². The van der Waals surface area contributed by atoms with E-state index in [9.17, 15) is 10.1 Å². The number of aromatic nitrogens is 2. The lowest BCUT2D eigenvalue weighted by molar-refractivity contribution is -0.138. The molecule has 1 aliphatic heterocycles. The van der Waals surface area contributed by atoms with Gasteiger partial charge in [0.05, 0.1) is 6.07 Å². The highest BCUT2D eigenvalue weighted by atomic mass is 16.2. The molecule has 0 aromatic carbocycles. The quantitative estimate of drug-likeness (QED) is 0.853. The Hall–Kier alpha value is -1.83. The summed E-state index contributed by atoms with van der Waals surface area (Å²) in [5, 5.41) is 9.43. The smallest absolute Gasteiger partial charge is 0.242 e. The molecule has 0 saturated heterocycles. The van der Waals surface area contributed by atoms with Crippen LogP contribution in [-0.2, 0) is 17.8 Å². The van der Waals surface area contributed by atoms with Gasteiger partial charge in [0.2, 0.25) is 5.91 Å². The van der Waals surface area contributed by atoms with Gasteiger partial charge in [-0.25, -0.2) is 4.98 Å². The fourth-order valence-corrected chi connectivity index (χ4v) is 3.76. The van der Waals surface area contributed by atoms with Crippen molar-refractivity contribution < 1.29 is 4.79 Å². The molecule has 1 saturated carbocycles. The van der Waals surface area contributed by atoms with Crippen molar-refractivity contribution in [2.75, 3.05) is 13.6 Å². The van der Waals surface area contributed by atoms with E-state index in [0.717, 1.165) is 57.4 Å². The second kappa shape index (κ2) is 5.51. The van der Waals surface area contributed by atoms with Gasteiger partial charge in [-0.2, -0.15) is 5.26 Å². The predicted octanol–water partition coefficient (Wildman–Crippen LogP) is 1.99. The van der Waals surface area contributed by atoms with Gasteiger partial charge >= 0.3 is 0 Å². The Labute approximate surface area is 125 Å². The Morgan fingerprint density at radius 1 is 1.57 bits per heavy atom. The Balaban J connectivity index is 1.63. The molecule has 0 radical (unpaired) electrons. The zero-order valence-corrected chi connectivity index (χ0v) is 12.6. The average molecular weight is 286 g/mol. The monoisotopic (exact) mass is 286 g/mol. The minimum absolute atomic E-state index is 0.0245. The molecule has 1 fully saturated rings. The van der Waals surface area contributed by atoms with E-state index in [-0.39, 0.29) is 5.91 Å². The second-order valence-electron chi connectivity index (χ2n) is 6.48. The maximum atomic E-state index is 12.7. The molecule has 2 heterocycles. The molecule has 21 heavy (non-hydrogen) atoms. The van der Waals surface area contributed by atoms with Crippen molar-refractivity contribution >= 4 is 5.91 Å². The van der Waals surface area contributed by atoms with Gasteiger partial charge in [-0.1, -0.05) is 12.8 Å². The van der Waals surface area contributed by atoms with Gasteiger partial charge < -0.3 is 9.47 Å². The van der Waals surface area contributed by atoms with Crippen LogP contribution >= 0.6 is 0 Å². The molecule has 0 spiro atoms. The van der Waals surface area contributed by atoms with E-state index < -0.39 is 5.41 Å². The van der Waals surface area contributed by atoms with Crippen molar-refractivity contribution in [2.45, 2.75) is 45.1 Å². The molecule has 5 nitrogen and oxygen atoms in total. The number of nitriles is 1. The lowest BCUT2D eigenvalue weighted by Gasteiger charge is -2.31. The van der Waals surface area contributed by atoms with Crippen LogP contribution in [0.2, 0.25) is 0 Å². The Bertz CT molecular complexity index is 565. The van der Waals surface area contributed by atoms with Crippen LogP contribution < -0.4 is 0 Å². The van der Waals surface area contributed by atoms with Gasteiger partial charge in [0.1, 0.15) is 11.2 Å². The second-order valence-corrected chi connectivity index (χ2v) is 6.48. The average Bonchev–Trinajstić information content (AvgIpc) is 3.15. The van der Waals surface area contributed by atoms with Gasteiger partial charge in [0.25, 0.3) is 0 Å². The number of carbonyl (C=O) groups is 1. The maximum absolute atomic E-state index is 12.7. The third kappa shape index (κ3) is 2.55. The highest BCUT2D eigenvalue weighted by molar-refractivity contribution is 5.85. The number of nitrogens with zero attached hydrogens (tertiary/aromatic N) is 4. The lowest BCUT2D eigenvalue weighted by atomic mass is 9.86. The zero-order chi connectivity index (χ0) is 14.9. The van der Waals surface area contributed by atoms with Gasteiger partial charge in [-0.15, -0.1) is 0 Å². The summed E-state index contributed by atoms with van der Waals surface area (Å²) in [5.41, 5.74) is -0.748. The Kier molecular flexibility index (Phi) is 3.71. The molecule has 2 aliphatic rings. The normalized spacial score (nSPS) is 23.3. The SMILES string of the molecule is CN(C[C@@H]1CCn2ccnc2C1)C(=O)C1(C#N)CCCC1. The summed E-state index contributed by atoms with van der Waals surface area (Å²) in [7, 11) is 1.85. The van der Waals surface area contributed by atoms with E-state index in [4.69, 9.17) is 0 Å². The number of amides is 1. The van der Waals surface area contributed by atoms with Gasteiger partial charge in [0, 0.05) is 39.0 Å². The van der Waals surface area contributed by atoms with Crippen LogP contribution in [0, 0.1) is 22.7 Å². The van der Waals surface area contributed by atoms with Crippen molar-refractivity contribution in [3.63, 3.8) is 0 Å².